The highest BCUT2D eigenvalue weighted by Gasteiger charge is 2.24. The molecule has 10 heavy (non-hydrogen) atoms. The van der Waals surface area contributed by atoms with E-state index in [4.69, 9.17) is 5.73 Å². The van der Waals surface area contributed by atoms with Crippen molar-refractivity contribution in [3.05, 3.63) is 0 Å². The Kier molecular flexibility index (Phi) is 2.63. The lowest BCUT2D eigenvalue weighted by Crippen LogP contribution is -2.48. The van der Waals surface area contributed by atoms with Crippen molar-refractivity contribution in [2.45, 2.75) is 25.6 Å². The van der Waals surface area contributed by atoms with E-state index >= 15 is 0 Å². The Morgan fingerprint density at radius 1 is 1.70 bits per heavy atom. The number of nitrogens with two attached hydrogens (primary N) is 1. The Morgan fingerprint density at radius 3 is 2.90 bits per heavy atom. The number of hydrogen-bond acceptors (Lipinski definition) is 2. The van der Waals surface area contributed by atoms with Crippen LogP contribution in [0.4, 0.5) is 4.39 Å². The van der Waals surface area contributed by atoms with E-state index in [1.807, 2.05) is 6.92 Å². The Balaban J connectivity index is 2.33. The number of rotatable bonds is 1. The maximum Gasteiger partial charge on any atom is 0.128 e. The molecule has 0 saturated carbocycles. The number of hydrogen-bond donors (Lipinski definition) is 1. The predicted molar refractivity (Wildman–Crippen MR) is 39.6 cm³/mol. The maximum absolute atomic E-state index is 12.8. The number of halogens is 1. The topological polar surface area (TPSA) is 29.3 Å². The van der Waals surface area contributed by atoms with Crippen molar-refractivity contribution in [3.8, 4) is 0 Å². The van der Waals surface area contributed by atoms with Gasteiger partial charge < -0.3 is 10.6 Å². The van der Waals surface area contributed by atoms with Gasteiger partial charge in [-0.15, -0.1) is 0 Å². The van der Waals surface area contributed by atoms with Crippen LogP contribution >= 0.6 is 0 Å². The van der Waals surface area contributed by atoms with E-state index in [1.165, 1.54) is 0 Å². The van der Waals surface area contributed by atoms with E-state index in [9.17, 15) is 4.39 Å². The quantitative estimate of drug-likeness (QED) is 0.579. The molecule has 1 aliphatic rings. The molecule has 2 N–H and O–H groups in total. The first-order valence-corrected chi connectivity index (χ1v) is 3.86. The number of likely N-dealkylation sites (tertiary alicyclic amines) is 1. The van der Waals surface area contributed by atoms with Crippen molar-refractivity contribution in [1.82, 2.24) is 4.90 Å². The van der Waals surface area contributed by atoms with Crippen molar-refractivity contribution >= 4 is 0 Å². The van der Waals surface area contributed by atoms with E-state index in [0.29, 0.717) is 6.54 Å². The lowest BCUT2D eigenvalue weighted by molar-refractivity contribution is 0.124. The minimum Gasteiger partial charge on any atom is -0.325 e. The van der Waals surface area contributed by atoms with Gasteiger partial charge in [0, 0.05) is 12.6 Å². The first kappa shape index (κ1) is 7.95. The highest BCUT2D eigenvalue weighted by molar-refractivity contribution is 4.81. The molecule has 1 heterocycles. The summed E-state index contributed by atoms with van der Waals surface area (Å²) >= 11 is 0. The third-order valence-electron chi connectivity index (χ3n) is 2.12. The van der Waals surface area contributed by atoms with E-state index < -0.39 is 6.17 Å². The van der Waals surface area contributed by atoms with Crippen molar-refractivity contribution in [2.24, 2.45) is 5.73 Å². The summed E-state index contributed by atoms with van der Waals surface area (Å²) in [6, 6.07) is -0.220. The average Bonchev–Trinajstić information content (AvgIpc) is 1.95. The van der Waals surface area contributed by atoms with E-state index in [2.05, 4.69) is 4.90 Å². The summed E-state index contributed by atoms with van der Waals surface area (Å²) in [7, 11) is 0. The summed E-state index contributed by atoms with van der Waals surface area (Å²) in [4.78, 5) is 2.09. The van der Waals surface area contributed by atoms with Crippen LogP contribution in [0.3, 0.4) is 0 Å². The smallest absolute Gasteiger partial charge is 0.128 e. The molecule has 0 aromatic carbocycles. The second-order valence-corrected chi connectivity index (χ2v) is 2.86. The number of piperidine rings is 1. The number of nitrogens with zero attached hydrogens (tertiary/aromatic N) is 1. The zero-order chi connectivity index (χ0) is 7.56. The van der Waals surface area contributed by atoms with Gasteiger partial charge in [-0.3, -0.25) is 0 Å². The largest absolute Gasteiger partial charge is 0.325 e. The fourth-order valence-corrected chi connectivity index (χ4v) is 1.27. The lowest BCUT2D eigenvalue weighted by Gasteiger charge is -2.31. The van der Waals surface area contributed by atoms with Gasteiger partial charge in [-0.1, -0.05) is 6.92 Å². The first-order valence-electron chi connectivity index (χ1n) is 3.86. The number of alkyl halides is 1. The van der Waals surface area contributed by atoms with Gasteiger partial charge in [-0.05, 0) is 19.5 Å². The Labute approximate surface area is 61.2 Å². The molecular weight excluding hydrogens is 131 g/mol. The summed E-state index contributed by atoms with van der Waals surface area (Å²) < 4.78 is 12.8. The fraction of sp³-hybridized carbons (Fsp3) is 1.00. The van der Waals surface area contributed by atoms with Gasteiger partial charge >= 0.3 is 0 Å². The van der Waals surface area contributed by atoms with Gasteiger partial charge in [0.2, 0.25) is 0 Å². The molecule has 0 bridgehead atoms. The van der Waals surface area contributed by atoms with Gasteiger partial charge in [0.1, 0.15) is 6.17 Å². The highest BCUT2D eigenvalue weighted by Crippen LogP contribution is 2.11. The zero-order valence-corrected chi connectivity index (χ0v) is 6.39. The first-order chi connectivity index (χ1) is 4.74. The molecule has 0 unspecified atom stereocenters. The minimum atomic E-state index is -0.811. The molecule has 1 fully saturated rings. The van der Waals surface area contributed by atoms with Crippen LogP contribution in [0, 0.1) is 0 Å². The van der Waals surface area contributed by atoms with Crippen molar-refractivity contribution in [1.29, 1.82) is 0 Å². The molecule has 0 aromatic heterocycles. The molecule has 0 aliphatic carbocycles. The van der Waals surface area contributed by atoms with Crippen LogP contribution < -0.4 is 5.73 Å². The molecule has 60 valence electrons. The molecule has 1 saturated heterocycles. The fourth-order valence-electron chi connectivity index (χ4n) is 1.27. The van der Waals surface area contributed by atoms with Crippen LogP contribution in [0.15, 0.2) is 0 Å². The van der Waals surface area contributed by atoms with Gasteiger partial charge in [-0.2, -0.15) is 0 Å². The SMILES string of the molecule is CCN1CC[C@@H](N)[C@@H](F)C1. The predicted octanol–water partition coefficient (Wildman–Crippen LogP) is 0.377. The second kappa shape index (κ2) is 3.30. The monoisotopic (exact) mass is 146 g/mol. The van der Waals surface area contributed by atoms with Crippen LogP contribution in [-0.2, 0) is 0 Å². The van der Waals surface area contributed by atoms with Crippen LogP contribution in [0.1, 0.15) is 13.3 Å². The molecule has 0 spiro atoms. The van der Waals surface area contributed by atoms with Gasteiger partial charge in [0.15, 0.2) is 0 Å². The second-order valence-electron chi connectivity index (χ2n) is 2.86. The molecule has 3 heteroatoms. The van der Waals surface area contributed by atoms with Crippen LogP contribution in [0.25, 0.3) is 0 Å². The van der Waals surface area contributed by atoms with E-state index in [-0.39, 0.29) is 6.04 Å². The summed E-state index contributed by atoms with van der Waals surface area (Å²) in [6.07, 6.45) is -0.0108. The summed E-state index contributed by atoms with van der Waals surface area (Å²) in [5, 5.41) is 0. The summed E-state index contributed by atoms with van der Waals surface area (Å²) in [6.45, 7) is 4.46. The summed E-state index contributed by atoms with van der Waals surface area (Å²) in [5.74, 6) is 0. The minimum absolute atomic E-state index is 0.220. The highest BCUT2D eigenvalue weighted by atomic mass is 19.1. The standard InChI is InChI=1S/C7H15FN2/c1-2-10-4-3-7(9)6(8)5-10/h6-7H,2-5,9H2,1H3/t6-,7+/m0/s1. The lowest BCUT2D eigenvalue weighted by atomic mass is 10.0. The van der Waals surface area contributed by atoms with Crippen molar-refractivity contribution < 1.29 is 4.39 Å². The third-order valence-corrected chi connectivity index (χ3v) is 2.12. The summed E-state index contributed by atoms with van der Waals surface area (Å²) in [5.41, 5.74) is 5.49. The molecule has 1 rings (SSSR count). The van der Waals surface area contributed by atoms with Gasteiger partial charge in [0.25, 0.3) is 0 Å². The normalized spacial score (nSPS) is 36.3. The molecule has 2 atom stereocenters. The zero-order valence-electron chi connectivity index (χ0n) is 6.39. The Morgan fingerprint density at radius 2 is 2.40 bits per heavy atom. The Hall–Kier alpha value is -0.150. The maximum atomic E-state index is 12.8. The molecule has 0 radical (unpaired) electrons. The third kappa shape index (κ3) is 1.67. The Bertz CT molecular complexity index is 108. The van der Waals surface area contributed by atoms with Crippen molar-refractivity contribution in [2.75, 3.05) is 19.6 Å². The van der Waals surface area contributed by atoms with Crippen molar-refractivity contribution in [3.63, 3.8) is 0 Å². The molecule has 0 aromatic rings. The van der Waals surface area contributed by atoms with Gasteiger partial charge in [-0.25, -0.2) is 4.39 Å². The van der Waals surface area contributed by atoms with Crippen LogP contribution in [-0.4, -0.2) is 36.7 Å². The molecule has 2 nitrogen and oxygen atoms in total. The molecular formula is C7H15FN2. The van der Waals surface area contributed by atoms with Gasteiger partial charge in [0.05, 0.1) is 0 Å². The van der Waals surface area contributed by atoms with Crippen LogP contribution in [0.2, 0.25) is 0 Å². The van der Waals surface area contributed by atoms with E-state index in [1.54, 1.807) is 0 Å². The van der Waals surface area contributed by atoms with Crippen LogP contribution in [0.5, 0.6) is 0 Å². The molecule has 1 aliphatic heterocycles. The van der Waals surface area contributed by atoms with E-state index in [0.717, 1.165) is 19.5 Å². The molecule has 0 amide bonds. The average molecular weight is 146 g/mol.